The predicted molar refractivity (Wildman–Crippen MR) is 104 cm³/mol. The average Bonchev–Trinajstić information content (AvgIpc) is 2.96. The first-order chi connectivity index (χ1) is 12.1. The first-order valence-electron chi connectivity index (χ1n) is 9.42. The third-order valence-corrected chi connectivity index (χ3v) is 4.32. The van der Waals surface area contributed by atoms with E-state index in [1.165, 1.54) is 5.56 Å². The van der Waals surface area contributed by atoms with E-state index in [9.17, 15) is 4.79 Å². The Labute approximate surface area is 151 Å². The van der Waals surface area contributed by atoms with Crippen molar-refractivity contribution in [3.8, 4) is 0 Å². The van der Waals surface area contributed by atoms with Crippen molar-refractivity contribution >= 4 is 11.9 Å². The number of amides is 1. The van der Waals surface area contributed by atoms with Crippen molar-refractivity contribution in [2.24, 2.45) is 16.8 Å². The molecule has 2 N–H and O–H groups in total. The fourth-order valence-electron chi connectivity index (χ4n) is 2.97. The fraction of sp³-hybridized carbons (Fsp3) is 0.600. The van der Waals surface area contributed by atoms with E-state index in [2.05, 4.69) is 48.5 Å². The molecule has 1 aromatic rings. The number of rotatable bonds is 8. The average molecular weight is 345 g/mol. The highest BCUT2D eigenvalue weighted by Gasteiger charge is 2.29. The highest BCUT2D eigenvalue weighted by molar-refractivity contribution is 5.81. The summed E-state index contributed by atoms with van der Waals surface area (Å²) >= 11 is 0. The lowest BCUT2D eigenvalue weighted by molar-refractivity contribution is -0.127. The van der Waals surface area contributed by atoms with Crippen molar-refractivity contribution in [2.45, 2.75) is 33.6 Å². The number of benzene rings is 1. The minimum absolute atomic E-state index is 0.270. The molecule has 2 rings (SSSR count). The van der Waals surface area contributed by atoms with Crippen LogP contribution < -0.4 is 10.6 Å². The summed E-state index contributed by atoms with van der Waals surface area (Å²) in [5.74, 6) is 2.02. The molecule has 25 heavy (non-hydrogen) atoms. The van der Waals surface area contributed by atoms with Gasteiger partial charge in [-0.1, -0.05) is 44.2 Å². The van der Waals surface area contributed by atoms with Gasteiger partial charge in [0.15, 0.2) is 5.96 Å². The van der Waals surface area contributed by atoms with Gasteiger partial charge < -0.3 is 15.5 Å². The molecule has 1 aliphatic rings. The fourth-order valence-corrected chi connectivity index (χ4v) is 2.97. The summed E-state index contributed by atoms with van der Waals surface area (Å²) < 4.78 is 0. The molecule has 1 heterocycles. The third kappa shape index (κ3) is 6.77. The van der Waals surface area contributed by atoms with Crippen LogP contribution in [-0.4, -0.2) is 49.5 Å². The van der Waals surface area contributed by atoms with Crippen LogP contribution in [0, 0.1) is 11.8 Å². The lowest BCUT2D eigenvalue weighted by Crippen LogP contribution is -2.40. The summed E-state index contributed by atoms with van der Waals surface area (Å²) in [6.07, 6.45) is 1.55. The van der Waals surface area contributed by atoms with Gasteiger partial charge in [0.05, 0.1) is 0 Å². The number of aliphatic imine (C=N–C) groups is 1. The van der Waals surface area contributed by atoms with Crippen molar-refractivity contribution in [2.75, 3.05) is 32.7 Å². The summed E-state index contributed by atoms with van der Waals surface area (Å²) in [5, 5.41) is 6.66. The zero-order chi connectivity index (χ0) is 18.1. The topological polar surface area (TPSA) is 56.7 Å². The number of nitrogens with one attached hydrogen (secondary N) is 2. The summed E-state index contributed by atoms with van der Waals surface area (Å²) in [7, 11) is 0. The molecule has 1 saturated heterocycles. The van der Waals surface area contributed by atoms with E-state index in [1.807, 2.05) is 23.1 Å². The van der Waals surface area contributed by atoms with Crippen LogP contribution in [0.5, 0.6) is 0 Å². The minimum Gasteiger partial charge on any atom is -0.357 e. The maximum absolute atomic E-state index is 12.2. The highest BCUT2D eigenvalue weighted by atomic mass is 16.2. The normalized spacial score (nSPS) is 18.1. The van der Waals surface area contributed by atoms with E-state index in [0.29, 0.717) is 18.3 Å². The van der Waals surface area contributed by atoms with Crippen molar-refractivity contribution < 1.29 is 4.79 Å². The van der Waals surface area contributed by atoms with Gasteiger partial charge in [0, 0.05) is 45.1 Å². The number of hydrogen-bond donors (Lipinski definition) is 2. The molecule has 0 aliphatic carbocycles. The van der Waals surface area contributed by atoms with E-state index < -0.39 is 0 Å². The lowest BCUT2D eigenvalue weighted by Gasteiger charge is -2.18. The molecule has 138 valence electrons. The zero-order valence-corrected chi connectivity index (χ0v) is 15.8. The maximum Gasteiger partial charge on any atom is 0.223 e. The van der Waals surface area contributed by atoms with E-state index in [1.54, 1.807) is 0 Å². The van der Waals surface area contributed by atoms with Crippen LogP contribution in [0.1, 0.15) is 32.8 Å². The summed E-state index contributed by atoms with van der Waals surface area (Å²) in [5.41, 5.74) is 1.28. The second kappa shape index (κ2) is 10.1. The van der Waals surface area contributed by atoms with Gasteiger partial charge in [-0.3, -0.25) is 9.79 Å². The second-order valence-corrected chi connectivity index (χ2v) is 7.14. The number of hydrogen-bond acceptors (Lipinski definition) is 2. The Morgan fingerprint density at radius 2 is 2.04 bits per heavy atom. The number of nitrogens with zero attached hydrogens (tertiary/aromatic N) is 2. The third-order valence-electron chi connectivity index (χ3n) is 4.32. The molecule has 1 aliphatic heterocycles. The molecular formula is C20H32N4O. The number of guanidine groups is 1. The van der Waals surface area contributed by atoms with Gasteiger partial charge in [-0.2, -0.15) is 0 Å². The molecule has 1 amide bonds. The Bertz CT molecular complexity index is 556. The molecule has 5 heteroatoms. The maximum atomic E-state index is 12.2. The Hall–Kier alpha value is -2.04. The largest absolute Gasteiger partial charge is 0.357 e. The van der Waals surface area contributed by atoms with Gasteiger partial charge in [0.2, 0.25) is 5.91 Å². The second-order valence-electron chi connectivity index (χ2n) is 7.14. The standard InChI is InChI=1S/C20H32N4O/c1-4-21-20(22-13-16(2)3)23-14-18-12-19(25)24(15-18)11-10-17-8-6-5-7-9-17/h5-9,16,18H,4,10-15H2,1-3H3,(H2,21,22,23). The lowest BCUT2D eigenvalue weighted by atomic mass is 10.1. The monoisotopic (exact) mass is 344 g/mol. The van der Waals surface area contributed by atoms with E-state index >= 15 is 0 Å². The van der Waals surface area contributed by atoms with Crippen LogP contribution in [0.3, 0.4) is 0 Å². The molecule has 0 radical (unpaired) electrons. The van der Waals surface area contributed by atoms with Crippen LogP contribution >= 0.6 is 0 Å². The molecule has 0 saturated carbocycles. The number of carbonyl (C=O) groups is 1. The van der Waals surface area contributed by atoms with Crippen molar-refractivity contribution in [3.05, 3.63) is 35.9 Å². The molecule has 5 nitrogen and oxygen atoms in total. The Morgan fingerprint density at radius 3 is 2.72 bits per heavy atom. The van der Waals surface area contributed by atoms with Crippen molar-refractivity contribution in [1.82, 2.24) is 15.5 Å². The molecule has 1 aromatic carbocycles. The Kier molecular flexibility index (Phi) is 7.76. The van der Waals surface area contributed by atoms with Crippen LogP contribution in [0.4, 0.5) is 0 Å². The van der Waals surface area contributed by atoms with Gasteiger partial charge in [-0.15, -0.1) is 0 Å². The zero-order valence-electron chi connectivity index (χ0n) is 15.8. The smallest absolute Gasteiger partial charge is 0.223 e. The molecule has 1 fully saturated rings. The quantitative estimate of drug-likeness (QED) is 0.562. The van der Waals surface area contributed by atoms with Crippen LogP contribution in [0.15, 0.2) is 35.3 Å². The Morgan fingerprint density at radius 1 is 1.28 bits per heavy atom. The van der Waals surface area contributed by atoms with Gasteiger partial charge in [0.1, 0.15) is 0 Å². The molecular weight excluding hydrogens is 312 g/mol. The molecule has 0 spiro atoms. The SMILES string of the molecule is CCNC(=NCC(C)C)NCC1CC(=O)N(CCc2ccccc2)C1. The van der Waals surface area contributed by atoms with Crippen LogP contribution in [0.2, 0.25) is 0 Å². The molecule has 0 bridgehead atoms. The summed E-state index contributed by atoms with van der Waals surface area (Å²) in [6, 6.07) is 10.4. The van der Waals surface area contributed by atoms with Gasteiger partial charge in [0.25, 0.3) is 0 Å². The molecule has 1 atom stereocenters. The minimum atomic E-state index is 0.270. The Balaban J connectivity index is 1.78. The molecule has 1 unspecified atom stereocenters. The first kappa shape index (κ1) is 19.3. The van der Waals surface area contributed by atoms with Gasteiger partial charge >= 0.3 is 0 Å². The number of carbonyl (C=O) groups excluding carboxylic acids is 1. The van der Waals surface area contributed by atoms with E-state index in [4.69, 9.17) is 0 Å². The molecule has 0 aromatic heterocycles. The van der Waals surface area contributed by atoms with Crippen LogP contribution in [0.25, 0.3) is 0 Å². The summed E-state index contributed by atoms with van der Waals surface area (Å²) in [4.78, 5) is 18.8. The van der Waals surface area contributed by atoms with Crippen molar-refractivity contribution in [3.63, 3.8) is 0 Å². The van der Waals surface area contributed by atoms with Crippen LogP contribution in [-0.2, 0) is 11.2 Å². The van der Waals surface area contributed by atoms with E-state index in [0.717, 1.165) is 45.1 Å². The van der Waals surface area contributed by atoms with E-state index in [-0.39, 0.29) is 5.91 Å². The first-order valence-corrected chi connectivity index (χ1v) is 9.42. The van der Waals surface area contributed by atoms with Gasteiger partial charge in [-0.05, 0) is 24.8 Å². The summed E-state index contributed by atoms with van der Waals surface area (Å²) in [6.45, 7) is 10.5. The van der Waals surface area contributed by atoms with Crippen molar-refractivity contribution in [1.29, 1.82) is 0 Å². The van der Waals surface area contributed by atoms with Gasteiger partial charge in [-0.25, -0.2) is 0 Å². The predicted octanol–water partition coefficient (Wildman–Crippen LogP) is 2.29. The highest BCUT2D eigenvalue weighted by Crippen LogP contribution is 2.17. The number of likely N-dealkylation sites (tertiary alicyclic amines) is 1.